The quantitative estimate of drug-likeness (QED) is 0.621. The lowest BCUT2D eigenvalue weighted by atomic mass is 10.1. The van der Waals surface area contributed by atoms with E-state index in [-0.39, 0.29) is 12.4 Å². The second kappa shape index (κ2) is 8.16. The van der Waals surface area contributed by atoms with Gasteiger partial charge >= 0.3 is 0 Å². The Balaban J connectivity index is 2.28. The maximum absolute atomic E-state index is 11.4. The first kappa shape index (κ1) is 16.8. The van der Waals surface area contributed by atoms with Gasteiger partial charge in [-0.3, -0.25) is 0 Å². The lowest BCUT2D eigenvalue weighted by molar-refractivity contribution is -0.178. The van der Waals surface area contributed by atoms with Crippen LogP contribution < -0.4 is 0 Å². The van der Waals surface area contributed by atoms with Crippen LogP contribution in [0.15, 0.2) is 0 Å². The lowest BCUT2D eigenvalue weighted by Gasteiger charge is -2.31. The van der Waals surface area contributed by atoms with Crippen molar-refractivity contribution in [3.05, 3.63) is 0 Å². The van der Waals surface area contributed by atoms with E-state index in [4.69, 9.17) is 14.2 Å². The van der Waals surface area contributed by atoms with E-state index in [1.807, 2.05) is 13.8 Å². The number of hydrogen-bond donors (Lipinski definition) is 0. The number of sulfonamides is 1. The Morgan fingerprint density at radius 1 is 1.16 bits per heavy atom. The molecular formula is C12H25NO5S. The SMILES string of the molecule is CCOC(COC1CCN(S(C)(=O)=O)CC1)OCC. The Morgan fingerprint density at radius 3 is 2.11 bits per heavy atom. The molecule has 0 N–H and O–H groups in total. The zero-order valence-corrected chi connectivity index (χ0v) is 12.8. The lowest BCUT2D eigenvalue weighted by Crippen LogP contribution is -2.41. The first-order chi connectivity index (χ1) is 8.97. The third-order valence-corrected chi connectivity index (χ3v) is 4.35. The Morgan fingerprint density at radius 2 is 1.68 bits per heavy atom. The second-order valence-electron chi connectivity index (χ2n) is 4.53. The minimum atomic E-state index is -3.07. The predicted octanol–water partition coefficient (Wildman–Crippen LogP) is 0.826. The molecule has 0 aromatic carbocycles. The van der Waals surface area contributed by atoms with Crippen molar-refractivity contribution in [2.24, 2.45) is 0 Å². The molecule has 1 aliphatic rings. The molecule has 0 bridgehead atoms. The number of rotatable bonds is 8. The molecular weight excluding hydrogens is 270 g/mol. The third-order valence-electron chi connectivity index (χ3n) is 3.04. The van der Waals surface area contributed by atoms with Gasteiger partial charge in [0.05, 0.1) is 19.0 Å². The minimum Gasteiger partial charge on any atom is -0.373 e. The molecule has 0 aromatic heterocycles. The molecule has 0 amide bonds. The smallest absolute Gasteiger partial charge is 0.211 e. The van der Waals surface area contributed by atoms with E-state index < -0.39 is 10.0 Å². The van der Waals surface area contributed by atoms with Crippen LogP contribution in [0.1, 0.15) is 26.7 Å². The van der Waals surface area contributed by atoms with Gasteiger partial charge < -0.3 is 14.2 Å². The summed E-state index contributed by atoms with van der Waals surface area (Å²) in [6, 6.07) is 0. The molecule has 0 aromatic rings. The molecule has 1 aliphatic heterocycles. The molecule has 0 spiro atoms. The van der Waals surface area contributed by atoms with Crippen molar-refractivity contribution in [2.45, 2.75) is 39.1 Å². The molecule has 0 radical (unpaired) electrons. The first-order valence-electron chi connectivity index (χ1n) is 6.77. The zero-order chi connectivity index (χ0) is 14.3. The molecule has 19 heavy (non-hydrogen) atoms. The summed E-state index contributed by atoms with van der Waals surface area (Å²) < 4.78 is 40.8. The number of nitrogens with zero attached hydrogens (tertiary/aromatic N) is 1. The Bertz CT molecular complexity index is 332. The van der Waals surface area contributed by atoms with E-state index in [2.05, 4.69) is 0 Å². The molecule has 7 heteroatoms. The summed E-state index contributed by atoms with van der Waals surface area (Å²) >= 11 is 0. The molecule has 1 rings (SSSR count). The molecule has 6 nitrogen and oxygen atoms in total. The van der Waals surface area contributed by atoms with Gasteiger partial charge in [0.25, 0.3) is 0 Å². The maximum Gasteiger partial charge on any atom is 0.211 e. The van der Waals surface area contributed by atoms with Crippen molar-refractivity contribution in [3.8, 4) is 0 Å². The monoisotopic (exact) mass is 295 g/mol. The van der Waals surface area contributed by atoms with Crippen molar-refractivity contribution >= 4 is 10.0 Å². The summed E-state index contributed by atoms with van der Waals surface area (Å²) in [5.41, 5.74) is 0. The molecule has 1 heterocycles. The highest BCUT2D eigenvalue weighted by molar-refractivity contribution is 7.88. The number of ether oxygens (including phenoxy) is 3. The van der Waals surface area contributed by atoms with Crippen molar-refractivity contribution in [1.82, 2.24) is 4.31 Å². The minimum absolute atomic E-state index is 0.0846. The van der Waals surface area contributed by atoms with Crippen LogP contribution in [0, 0.1) is 0 Å². The summed E-state index contributed by atoms with van der Waals surface area (Å²) in [6.45, 7) is 6.44. The zero-order valence-electron chi connectivity index (χ0n) is 12.0. The van der Waals surface area contributed by atoms with Crippen LogP contribution in [0.5, 0.6) is 0 Å². The highest BCUT2D eigenvalue weighted by Crippen LogP contribution is 2.16. The topological polar surface area (TPSA) is 65.1 Å². The molecule has 114 valence electrons. The van der Waals surface area contributed by atoms with Crippen molar-refractivity contribution in [2.75, 3.05) is 39.2 Å². The number of piperidine rings is 1. The Labute approximate surface area is 116 Å². The fourth-order valence-electron chi connectivity index (χ4n) is 2.06. The van der Waals surface area contributed by atoms with Gasteiger partial charge in [0.15, 0.2) is 6.29 Å². The van der Waals surface area contributed by atoms with E-state index >= 15 is 0 Å². The van der Waals surface area contributed by atoms with Crippen LogP contribution in [0.4, 0.5) is 0 Å². The number of hydrogen-bond acceptors (Lipinski definition) is 5. The normalized spacial score (nSPS) is 19.2. The summed E-state index contributed by atoms with van der Waals surface area (Å²) in [5, 5.41) is 0. The van der Waals surface area contributed by atoms with Crippen LogP contribution in [0.3, 0.4) is 0 Å². The molecule has 0 aliphatic carbocycles. The molecule has 1 saturated heterocycles. The van der Waals surface area contributed by atoms with Gasteiger partial charge in [0.2, 0.25) is 10.0 Å². The summed E-state index contributed by atoms with van der Waals surface area (Å²) in [6.07, 6.45) is 2.44. The fraction of sp³-hybridized carbons (Fsp3) is 1.00. The first-order valence-corrected chi connectivity index (χ1v) is 8.62. The van der Waals surface area contributed by atoms with E-state index in [0.29, 0.717) is 32.9 Å². The van der Waals surface area contributed by atoms with E-state index in [9.17, 15) is 8.42 Å². The Hall–Kier alpha value is -0.210. The van der Waals surface area contributed by atoms with E-state index in [1.165, 1.54) is 10.6 Å². The standard InChI is InChI=1S/C12H25NO5S/c1-4-16-12(17-5-2)10-18-11-6-8-13(9-7-11)19(3,14)15/h11-12H,4-10H2,1-3H3. The van der Waals surface area contributed by atoms with E-state index in [1.54, 1.807) is 0 Å². The second-order valence-corrected chi connectivity index (χ2v) is 6.52. The maximum atomic E-state index is 11.4. The Kier molecular flexibility index (Phi) is 7.23. The van der Waals surface area contributed by atoms with Crippen LogP contribution in [0.25, 0.3) is 0 Å². The highest BCUT2D eigenvalue weighted by atomic mass is 32.2. The molecule has 0 unspecified atom stereocenters. The van der Waals surface area contributed by atoms with Crippen LogP contribution in [-0.2, 0) is 24.2 Å². The van der Waals surface area contributed by atoms with Crippen LogP contribution in [-0.4, -0.2) is 64.3 Å². The van der Waals surface area contributed by atoms with Crippen LogP contribution in [0.2, 0.25) is 0 Å². The van der Waals surface area contributed by atoms with Gasteiger partial charge in [0, 0.05) is 26.3 Å². The predicted molar refractivity (Wildman–Crippen MR) is 72.4 cm³/mol. The summed E-state index contributed by atoms with van der Waals surface area (Å²) in [4.78, 5) is 0. The van der Waals surface area contributed by atoms with Gasteiger partial charge in [-0.1, -0.05) is 0 Å². The highest BCUT2D eigenvalue weighted by Gasteiger charge is 2.25. The fourth-order valence-corrected chi connectivity index (χ4v) is 2.94. The van der Waals surface area contributed by atoms with Gasteiger partial charge in [0.1, 0.15) is 0 Å². The average Bonchev–Trinajstić information content (AvgIpc) is 2.36. The molecule has 0 saturated carbocycles. The van der Waals surface area contributed by atoms with Crippen LogP contribution >= 0.6 is 0 Å². The van der Waals surface area contributed by atoms with Gasteiger partial charge in [-0.15, -0.1) is 0 Å². The average molecular weight is 295 g/mol. The van der Waals surface area contributed by atoms with E-state index in [0.717, 1.165) is 12.8 Å². The van der Waals surface area contributed by atoms with Crippen molar-refractivity contribution in [3.63, 3.8) is 0 Å². The van der Waals surface area contributed by atoms with Crippen molar-refractivity contribution < 1.29 is 22.6 Å². The van der Waals surface area contributed by atoms with Crippen molar-refractivity contribution in [1.29, 1.82) is 0 Å². The molecule has 0 atom stereocenters. The largest absolute Gasteiger partial charge is 0.373 e. The van der Waals surface area contributed by atoms with Gasteiger partial charge in [-0.25, -0.2) is 12.7 Å². The third kappa shape index (κ3) is 6.18. The van der Waals surface area contributed by atoms with Gasteiger partial charge in [-0.2, -0.15) is 0 Å². The van der Waals surface area contributed by atoms with Gasteiger partial charge in [-0.05, 0) is 26.7 Å². The molecule has 1 fully saturated rings. The summed E-state index contributed by atoms with van der Waals surface area (Å²) in [5.74, 6) is 0. The summed E-state index contributed by atoms with van der Waals surface area (Å²) in [7, 11) is -3.07.